The van der Waals surface area contributed by atoms with Crippen LogP contribution in [0, 0.1) is 13.8 Å². The lowest BCUT2D eigenvalue weighted by atomic mass is 9.97. The van der Waals surface area contributed by atoms with E-state index >= 15 is 0 Å². The van der Waals surface area contributed by atoms with Crippen molar-refractivity contribution in [2.75, 3.05) is 20.6 Å². The van der Waals surface area contributed by atoms with Gasteiger partial charge in [0, 0.05) is 23.5 Å². The van der Waals surface area contributed by atoms with Gasteiger partial charge in [0.25, 0.3) is 5.91 Å². The minimum absolute atomic E-state index is 0.367. The number of carbonyl (C=O) groups excluding carboxylic acids is 1. The summed E-state index contributed by atoms with van der Waals surface area (Å²) in [6.45, 7) is 5.95. The predicted octanol–water partition coefficient (Wildman–Crippen LogP) is 4.49. The summed E-state index contributed by atoms with van der Waals surface area (Å²) in [6.07, 6.45) is 1.02. The van der Waals surface area contributed by atoms with Crippen LogP contribution in [-0.4, -0.2) is 36.0 Å². The Morgan fingerprint density at radius 2 is 1.46 bits per heavy atom. The van der Waals surface area contributed by atoms with Gasteiger partial charge in [0.1, 0.15) is 0 Å². The average molecular weight is 376 g/mol. The molecule has 0 spiro atoms. The fourth-order valence-electron chi connectivity index (χ4n) is 3.88. The van der Waals surface area contributed by atoms with Crippen molar-refractivity contribution in [3.8, 4) is 22.3 Å². The van der Waals surface area contributed by atoms with E-state index in [1.165, 1.54) is 5.56 Å². The number of nitrogens with zero attached hydrogens (tertiary/aromatic N) is 2. The molecule has 1 heterocycles. The quantitative estimate of drug-likeness (QED) is 0.661. The van der Waals surface area contributed by atoms with Crippen molar-refractivity contribution in [2.45, 2.75) is 26.8 Å². The van der Waals surface area contributed by atoms with Crippen LogP contribution in [0.1, 0.15) is 28.2 Å². The molecule has 3 aromatic rings. The molecule has 28 heavy (non-hydrogen) atoms. The van der Waals surface area contributed by atoms with E-state index in [-0.39, 0.29) is 5.91 Å². The molecule has 4 heteroatoms. The van der Waals surface area contributed by atoms with E-state index in [1.54, 1.807) is 0 Å². The first-order valence-electron chi connectivity index (χ1n) is 9.70. The number of amides is 1. The summed E-state index contributed by atoms with van der Waals surface area (Å²) in [6, 6.07) is 18.7. The number of hydrogen-bond donors (Lipinski definition) is 1. The zero-order chi connectivity index (χ0) is 20.3. The zero-order valence-electron chi connectivity index (χ0n) is 17.2. The molecule has 4 nitrogen and oxygen atoms in total. The van der Waals surface area contributed by atoms with Crippen LogP contribution >= 0.6 is 0 Å². The lowest BCUT2D eigenvalue weighted by molar-refractivity contribution is 0.1000. The van der Waals surface area contributed by atoms with Crippen molar-refractivity contribution < 1.29 is 4.79 Å². The lowest BCUT2D eigenvalue weighted by Crippen LogP contribution is -2.16. The van der Waals surface area contributed by atoms with Gasteiger partial charge < -0.3 is 15.2 Å². The monoisotopic (exact) mass is 375 g/mol. The van der Waals surface area contributed by atoms with Crippen molar-refractivity contribution in [2.24, 2.45) is 5.73 Å². The first-order chi connectivity index (χ1) is 13.4. The normalized spacial score (nSPS) is 11.2. The van der Waals surface area contributed by atoms with Gasteiger partial charge in [-0.25, -0.2) is 0 Å². The summed E-state index contributed by atoms with van der Waals surface area (Å²) in [4.78, 5) is 14.4. The zero-order valence-corrected chi connectivity index (χ0v) is 17.2. The summed E-state index contributed by atoms with van der Waals surface area (Å²) in [5.41, 5.74) is 12.8. The molecule has 0 aliphatic carbocycles. The molecule has 1 amide bonds. The highest BCUT2D eigenvalue weighted by molar-refractivity contribution is 6.02. The Morgan fingerprint density at radius 1 is 0.893 bits per heavy atom. The minimum Gasteiger partial charge on any atom is -0.366 e. The first kappa shape index (κ1) is 19.9. The van der Waals surface area contributed by atoms with Gasteiger partial charge in [-0.1, -0.05) is 54.6 Å². The van der Waals surface area contributed by atoms with Gasteiger partial charge in [-0.3, -0.25) is 4.79 Å². The van der Waals surface area contributed by atoms with E-state index in [4.69, 9.17) is 5.73 Å². The maximum absolute atomic E-state index is 12.3. The SMILES string of the molecule is Cc1c(C(N)=O)c(-c2ccc(-c3ccccc3)cc2)c(C)n1CCCN(C)C. The van der Waals surface area contributed by atoms with Gasteiger partial charge in [-0.05, 0) is 57.6 Å². The highest BCUT2D eigenvalue weighted by Gasteiger charge is 2.22. The Morgan fingerprint density at radius 3 is 2.04 bits per heavy atom. The second-order valence-corrected chi connectivity index (χ2v) is 7.54. The largest absolute Gasteiger partial charge is 0.366 e. The topological polar surface area (TPSA) is 51.3 Å². The second-order valence-electron chi connectivity index (χ2n) is 7.54. The second kappa shape index (κ2) is 8.44. The molecule has 2 N–H and O–H groups in total. The van der Waals surface area contributed by atoms with Crippen molar-refractivity contribution in [1.82, 2.24) is 9.47 Å². The fourth-order valence-corrected chi connectivity index (χ4v) is 3.88. The molecule has 3 rings (SSSR count). The van der Waals surface area contributed by atoms with Crippen molar-refractivity contribution in [3.05, 3.63) is 71.5 Å². The molecular formula is C24H29N3O. The van der Waals surface area contributed by atoms with Gasteiger partial charge in [0.15, 0.2) is 0 Å². The van der Waals surface area contributed by atoms with E-state index in [2.05, 4.69) is 66.9 Å². The Bertz CT molecular complexity index is 954. The van der Waals surface area contributed by atoms with Crippen LogP contribution in [-0.2, 0) is 6.54 Å². The van der Waals surface area contributed by atoms with Crippen molar-refractivity contribution in [1.29, 1.82) is 0 Å². The van der Waals surface area contributed by atoms with E-state index in [9.17, 15) is 4.79 Å². The molecule has 0 atom stereocenters. The molecule has 0 saturated carbocycles. The van der Waals surface area contributed by atoms with Crippen LogP contribution in [0.4, 0.5) is 0 Å². The molecule has 1 aromatic heterocycles. The minimum atomic E-state index is -0.367. The van der Waals surface area contributed by atoms with Crippen LogP contribution in [0.15, 0.2) is 54.6 Å². The number of carbonyl (C=O) groups is 1. The maximum atomic E-state index is 12.3. The molecule has 0 saturated heterocycles. The predicted molar refractivity (Wildman–Crippen MR) is 116 cm³/mol. The van der Waals surface area contributed by atoms with Gasteiger partial charge in [-0.2, -0.15) is 0 Å². The number of rotatable bonds is 7. The lowest BCUT2D eigenvalue weighted by Gasteiger charge is -2.13. The summed E-state index contributed by atoms with van der Waals surface area (Å²) >= 11 is 0. The van der Waals surface area contributed by atoms with Crippen LogP contribution in [0.25, 0.3) is 22.3 Å². The molecule has 0 bridgehead atoms. The number of aromatic nitrogens is 1. The average Bonchev–Trinajstić information content (AvgIpc) is 2.93. The van der Waals surface area contributed by atoms with Crippen molar-refractivity contribution in [3.63, 3.8) is 0 Å². The number of primary amides is 1. The maximum Gasteiger partial charge on any atom is 0.251 e. The molecule has 0 fully saturated rings. The standard InChI is InChI=1S/C24H29N3O/c1-17-22(21-13-11-20(12-14-21)19-9-6-5-7-10-19)23(24(25)28)18(2)27(17)16-8-15-26(3)4/h5-7,9-14H,8,15-16H2,1-4H3,(H2,25,28). The molecule has 0 unspecified atom stereocenters. The van der Waals surface area contributed by atoms with Gasteiger partial charge in [0.2, 0.25) is 0 Å². The van der Waals surface area contributed by atoms with Crippen LogP contribution < -0.4 is 5.73 Å². The highest BCUT2D eigenvalue weighted by Crippen LogP contribution is 2.33. The number of benzene rings is 2. The smallest absolute Gasteiger partial charge is 0.251 e. The molecular weight excluding hydrogens is 346 g/mol. The van der Waals surface area contributed by atoms with Gasteiger partial charge in [-0.15, -0.1) is 0 Å². The first-order valence-corrected chi connectivity index (χ1v) is 9.70. The third-order valence-electron chi connectivity index (χ3n) is 5.30. The Kier molecular flexibility index (Phi) is 6.00. The van der Waals surface area contributed by atoms with Crippen LogP contribution in [0.5, 0.6) is 0 Å². The van der Waals surface area contributed by atoms with Crippen molar-refractivity contribution >= 4 is 5.91 Å². The summed E-state index contributed by atoms with van der Waals surface area (Å²) in [5, 5.41) is 0. The molecule has 0 aliphatic heterocycles. The van der Waals surface area contributed by atoms with Crippen LogP contribution in [0.3, 0.4) is 0 Å². The Hall–Kier alpha value is -2.85. The fraction of sp³-hybridized carbons (Fsp3) is 0.292. The third-order valence-corrected chi connectivity index (χ3v) is 5.30. The Labute approximate surface area is 167 Å². The summed E-state index contributed by atoms with van der Waals surface area (Å²) in [7, 11) is 4.15. The number of nitrogens with two attached hydrogens (primary N) is 1. The molecule has 146 valence electrons. The Balaban J connectivity index is 1.99. The number of hydrogen-bond acceptors (Lipinski definition) is 2. The van der Waals surface area contributed by atoms with Gasteiger partial charge >= 0.3 is 0 Å². The molecule has 0 radical (unpaired) electrons. The van der Waals surface area contributed by atoms with E-state index in [0.29, 0.717) is 5.56 Å². The molecule has 2 aromatic carbocycles. The summed E-state index contributed by atoms with van der Waals surface area (Å²) < 4.78 is 2.23. The van der Waals surface area contributed by atoms with E-state index < -0.39 is 0 Å². The third kappa shape index (κ3) is 4.02. The molecule has 0 aliphatic rings. The van der Waals surface area contributed by atoms with Crippen LogP contribution in [0.2, 0.25) is 0 Å². The highest BCUT2D eigenvalue weighted by atomic mass is 16.1. The summed E-state index contributed by atoms with van der Waals surface area (Å²) in [5.74, 6) is -0.367. The van der Waals surface area contributed by atoms with Gasteiger partial charge in [0.05, 0.1) is 5.56 Å². The van der Waals surface area contributed by atoms with E-state index in [1.807, 2.05) is 25.1 Å². The van der Waals surface area contributed by atoms with E-state index in [0.717, 1.165) is 47.6 Å².